The first-order valence-corrected chi connectivity index (χ1v) is 8.76. The van der Waals surface area contributed by atoms with E-state index in [0.717, 1.165) is 0 Å². The van der Waals surface area contributed by atoms with Crippen LogP contribution in [0.25, 0.3) is 0 Å². The zero-order valence-electron chi connectivity index (χ0n) is 16.0. The first-order chi connectivity index (χ1) is 14.0. The van der Waals surface area contributed by atoms with E-state index in [4.69, 9.17) is 14.0 Å². The average Bonchev–Trinajstić information content (AvgIpc) is 3.12. The molecule has 0 bridgehead atoms. The van der Waals surface area contributed by atoms with Crippen molar-refractivity contribution in [1.82, 2.24) is 10.1 Å². The van der Waals surface area contributed by atoms with E-state index in [2.05, 4.69) is 20.8 Å². The third-order valence-corrected chi connectivity index (χ3v) is 3.73. The summed E-state index contributed by atoms with van der Waals surface area (Å²) in [7, 11) is 1.44. The van der Waals surface area contributed by atoms with Crippen molar-refractivity contribution in [3.8, 4) is 5.75 Å². The van der Waals surface area contributed by atoms with Crippen LogP contribution in [0.1, 0.15) is 22.1 Å². The molecule has 0 atom stereocenters. The number of ether oxygens (including phenoxy) is 2. The van der Waals surface area contributed by atoms with E-state index >= 15 is 0 Å². The maximum Gasteiger partial charge on any atom is 0.255 e. The molecule has 3 aromatic rings. The molecule has 3 rings (SSSR count). The fraction of sp³-hybridized carbons (Fsp3) is 0.200. The fourth-order valence-electron chi connectivity index (χ4n) is 2.46. The summed E-state index contributed by atoms with van der Waals surface area (Å²) in [5, 5.41) is 9.22. The van der Waals surface area contributed by atoms with Crippen molar-refractivity contribution in [2.24, 2.45) is 0 Å². The average molecular weight is 396 g/mol. The Hall–Kier alpha value is -3.72. The second-order valence-electron chi connectivity index (χ2n) is 6.06. The maximum absolute atomic E-state index is 12.5. The van der Waals surface area contributed by atoms with E-state index in [1.165, 1.54) is 7.11 Å². The van der Waals surface area contributed by atoms with Crippen LogP contribution in [0, 0.1) is 6.92 Å². The van der Waals surface area contributed by atoms with Crippen molar-refractivity contribution >= 4 is 23.2 Å². The van der Waals surface area contributed by atoms with Gasteiger partial charge in [0.05, 0.1) is 0 Å². The number of hydrogen-bond donors (Lipinski definition) is 2. The number of aromatic nitrogens is 2. The molecular weight excluding hydrogens is 376 g/mol. The molecular formula is C20H20N4O5. The third-order valence-electron chi connectivity index (χ3n) is 3.73. The van der Waals surface area contributed by atoms with Crippen molar-refractivity contribution in [2.45, 2.75) is 13.5 Å². The number of amides is 2. The summed E-state index contributed by atoms with van der Waals surface area (Å²) in [6.07, 6.45) is 0. The summed E-state index contributed by atoms with van der Waals surface area (Å²) in [6, 6.07) is 13.5. The van der Waals surface area contributed by atoms with Crippen LogP contribution in [0.2, 0.25) is 0 Å². The number of anilines is 2. The van der Waals surface area contributed by atoms with Gasteiger partial charge in [0.15, 0.2) is 6.61 Å². The molecule has 1 aromatic heterocycles. The van der Waals surface area contributed by atoms with Gasteiger partial charge in [-0.1, -0.05) is 11.2 Å². The van der Waals surface area contributed by atoms with Crippen LogP contribution in [-0.4, -0.2) is 35.7 Å². The highest BCUT2D eigenvalue weighted by atomic mass is 16.5. The summed E-state index contributed by atoms with van der Waals surface area (Å²) >= 11 is 0. The summed E-state index contributed by atoms with van der Waals surface area (Å²) in [4.78, 5) is 28.1. The number of hydrogen-bond acceptors (Lipinski definition) is 7. The number of carbonyl (C=O) groups is 2. The largest absolute Gasteiger partial charge is 0.485 e. The van der Waals surface area contributed by atoms with Gasteiger partial charge in [-0.25, -0.2) is 0 Å². The van der Waals surface area contributed by atoms with Gasteiger partial charge in [0.25, 0.3) is 5.91 Å². The van der Waals surface area contributed by atoms with Crippen molar-refractivity contribution in [2.75, 3.05) is 24.4 Å². The molecule has 0 radical (unpaired) electrons. The molecule has 9 heteroatoms. The molecule has 0 saturated carbocycles. The number of nitrogens with one attached hydrogen (secondary N) is 2. The lowest BCUT2D eigenvalue weighted by Crippen LogP contribution is -2.17. The monoisotopic (exact) mass is 396 g/mol. The Bertz CT molecular complexity index is 985. The Kier molecular flexibility index (Phi) is 6.54. The summed E-state index contributed by atoms with van der Waals surface area (Å²) < 4.78 is 15.2. The lowest BCUT2D eigenvalue weighted by Gasteiger charge is -2.09. The Balaban J connectivity index is 1.57. The summed E-state index contributed by atoms with van der Waals surface area (Å²) in [6.45, 7) is 1.83. The number of aryl methyl sites for hydroxylation is 1. The highest BCUT2D eigenvalue weighted by Crippen LogP contribution is 2.18. The van der Waals surface area contributed by atoms with E-state index in [1.807, 2.05) is 0 Å². The van der Waals surface area contributed by atoms with Gasteiger partial charge in [-0.15, -0.1) is 0 Å². The van der Waals surface area contributed by atoms with Gasteiger partial charge in [0.1, 0.15) is 12.4 Å². The summed E-state index contributed by atoms with van der Waals surface area (Å²) in [5.41, 5.74) is 1.57. The molecule has 0 aliphatic rings. The summed E-state index contributed by atoms with van der Waals surface area (Å²) in [5.74, 6) is 0.930. The van der Waals surface area contributed by atoms with Gasteiger partial charge in [-0.05, 0) is 42.5 Å². The lowest BCUT2D eigenvalue weighted by atomic mass is 10.2. The van der Waals surface area contributed by atoms with Crippen LogP contribution in [0.5, 0.6) is 5.75 Å². The molecule has 150 valence electrons. The van der Waals surface area contributed by atoms with Gasteiger partial charge in [-0.3, -0.25) is 9.59 Å². The molecule has 2 amide bonds. The molecule has 1 heterocycles. The fourth-order valence-corrected chi connectivity index (χ4v) is 2.46. The Morgan fingerprint density at radius 1 is 1.07 bits per heavy atom. The van der Waals surface area contributed by atoms with Gasteiger partial charge < -0.3 is 24.6 Å². The Morgan fingerprint density at radius 2 is 1.79 bits per heavy atom. The van der Waals surface area contributed by atoms with Crippen LogP contribution in [0.15, 0.2) is 53.1 Å². The van der Waals surface area contributed by atoms with Crippen LogP contribution in [-0.2, 0) is 16.1 Å². The van der Waals surface area contributed by atoms with Crippen molar-refractivity contribution in [3.05, 3.63) is 65.8 Å². The maximum atomic E-state index is 12.5. The minimum Gasteiger partial charge on any atom is -0.485 e. The molecule has 0 unspecified atom stereocenters. The number of nitrogens with zero attached hydrogens (tertiary/aromatic N) is 2. The van der Waals surface area contributed by atoms with Crippen LogP contribution in [0.4, 0.5) is 11.4 Å². The lowest BCUT2D eigenvalue weighted by molar-refractivity contribution is -0.119. The predicted octanol–water partition coefficient (Wildman–Crippen LogP) is 2.79. The second-order valence-corrected chi connectivity index (χ2v) is 6.06. The van der Waals surface area contributed by atoms with Gasteiger partial charge >= 0.3 is 0 Å². The predicted molar refractivity (Wildman–Crippen MR) is 105 cm³/mol. The van der Waals surface area contributed by atoms with Crippen molar-refractivity contribution in [3.63, 3.8) is 0 Å². The Morgan fingerprint density at radius 3 is 2.45 bits per heavy atom. The first kappa shape index (κ1) is 20.0. The molecule has 0 fully saturated rings. The van der Waals surface area contributed by atoms with E-state index < -0.39 is 0 Å². The number of benzene rings is 2. The highest BCUT2D eigenvalue weighted by molar-refractivity contribution is 6.04. The van der Waals surface area contributed by atoms with Gasteiger partial charge in [0.2, 0.25) is 17.6 Å². The van der Waals surface area contributed by atoms with Crippen molar-refractivity contribution in [1.29, 1.82) is 0 Å². The van der Waals surface area contributed by atoms with E-state index in [1.54, 1.807) is 55.5 Å². The molecule has 2 N–H and O–H groups in total. The number of methoxy groups -OCH3 is 1. The van der Waals surface area contributed by atoms with Gasteiger partial charge in [-0.2, -0.15) is 4.98 Å². The zero-order chi connectivity index (χ0) is 20.6. The van der Waals surface area contributed by atoms with Crippen molar-refractivity contribution < 1.29 is 23.6 Å². The quantitative estimate of drug-likeness (QED) is 0.601. The van der Waals surface area contributed by atoms with E-state index in [-0.39, 0.29) is 25.0 Å². The molecule has 0 aliphatic carbocycles. The number of carbonyl (C=O) groups excluding carboxylic acids is 2. The standard InChI is InChI=1S/C20H20N4O5/c1-13-21-18(24-29-13)11-28-17-8-6-14(7-9-17)20(26)23-16-5-3-4-15(10-16)22-19(25)12-27-2/h3-10H,11-12H2,1-2H3,(H,22,25)(H,23,26). The second kappa shape index (κ2) is 9.47. The minimum atomic E-state index is -0.286. The van der Waals surface area contributed by atoms with Crippen LogP contribution < -0.4 is 15.4 Å². The van der Waals surface area contributed by atoms with E-state index in [0.29, 0.717) is 34.4 Å². The topological polar surface area (TPSA) is 116 Å². The zero-order valence-corrected chi connectivity index (χ0v) is 16.0. The Labute approximate surface area is 167 Å². The van der Waals surface area contributed by atoms with E-state index in [9.17, 15) is 9.59 Å². The smallest absolute Gasteiger partial charge is 0.255 e. The molecule has 2 aromatic carbocycles. The highest BCUT2D eigenvalue weighted by Gasteiger charge is 2.09. The molecule has 29 heavy (non-hydrogen) atoms. The first-order valence-electron chi connectivity index (χ1n) is 8.76. The SMILES string of the molecule is COCC(=O)Nc1cccc(NC(=O)c2ccc(OCc3noc(C)n3)cc2)c1. The number of rotatable bonds is 8. The third kappa shape index (κ3) is 5.88. The minimum absolute atomic E-state index is 0.0443. The molecule has 0 spiro atoms. The molecule has 9 nitrogen and oxygen atoms in total. The van der Waals surface area contributed by atoms with Gasteiger partial charge in [0, 0.05) is 31.0 Å². The molecule has 0 aliphatic heterocycles. The van der Waals surface area contributed by atoms with Crippen LogP contribution in [0.3, 0.4) is 0 Å². The normalized spacial score (nSPS) is 10.4. The molecule has 0 saturated heterocycles. The van der Waals surface area contributed by atoms with Crippen LogP contribution >= 0.6 is 0 Å².